The molecule has 0 aliphatic carbocycles. The van der Waals surface area contributed by atoms with E-state index in [-0.39, 0.29) is 17.7 Å². The van der Waals surface area contributed by atoms with Crippen molar-refractivity contribution in [2.75, 3.05) is 27.9 Å². The molecule has 0 amide bonds. The predicted octanol–water partition coefficient (Wildman–Crippen LogP) is 0.743. The van der Waals surface area contributed by atoms with Crippen LogP contribution in [-0.4, -0.2) is 62.0 Å². The minimum atomic E-state index is -2.08. The number of hydrogen-bond donors (Lipinski definition) is 0. The summed E-state index contributed by atoms with van der Waals surface area (Å²) in [4.78, 5) is 52.9. The number of carbonyl (C=O) groups is 4. The van der Waals surface area contributed by atoms with Crippen LogP contribution in [0, 0.1) is 0 Å². The summed E-state index contributed by atoms with van der Waals surface area (Å²) in [6.45, 7) is 1.45. The number of ketones is 1. The Balaban J connectivity index is 2.43. The monoisotopic (exact) mass is 387 g/mol. The first kappa shape index (κ1) is 19.8. The Morgan fingerprint density at radius 1 is 1.00 bits per heavy atom. The molecule has 2 heterocycles. The highest BCUT2D eigenvalue weighted by atomic mass is 16.5. The highest BCUT2D eigenvalue weighted by Crippen LogP contribution is 2.51. The van der Waals surface area contributed by atoms with Crippen LogP contribution in [-0.2, 0) is 39.8 Å². The van der Waals surface area contributed by atoms with Crippen molar-refractivity contribution >= 4 is 23.7 Å². The summed E-state index contributed by atoms with van der Waals surface area (Å²) < 4.78 is 14.7. The second-order valence-electron chi connectivity index (χ2n) is 6.57. The van der Waals surface area contributed by atoms with Gasteiger partial charge in [0.2, 0.25) is 5.54 Å². The molecule has 0 aromatic heterocycles. The van der Waals surface area contributed by atoms with Gasteiger partial charge >= 0.3 is 17.9 Å². The van der Waals surface area contributed by atoms with Gasteiger partial charge < -0.3 is 14.2 Å². The van der Waals surface area contributed by atoms with Gasteiger partial charge in [-0.1, -0.05) is 24.3 Å². The summed E-state index contributed by atoms with van der Waals surface area (Å²) in [6, 6.07) is 6.56. The van der Waals surface area contributed by atoms with Gasteiger partial charge in [-0.2, -0.15) is 0 Å². The number of ether oxygens (including phenoxy) is 3. The zero-order valence-corrected chi connectivity index (χ0v) is 16.1. The van der Waals surface area contributed by atoms with E-state index in [0.717, 1.165) is 25.3 Å². The molecule has 0 radical (unpaired) electrons. The van der Waals surface area contributed by atoms with E-state index < -0.39 is 35.3 Å². The fraction of sp³-hybridized carbons (Fsp3) is 0.400. The van der Waals surface area contributed by atoms with Gasteiger partial charge in [-0.3, -0.25) is 9.69 Å². The second-order valence-corrected chi connectivity index (χ2v) is 6.57. The molecule has 0 N–H and O–H groups in total. The first-order valence-corrected chi connectivity index (χ1v) is 8.71. The maximum atomic E-state index is 13.0. The normalized spacial score (nSPS) is 23.5. The molecule has 2 aliphatic rings. The number of hydrogen-bond acceptors (Lipinski definition) is 8. The van der Waals surface area contributed by atoms with Crippen LogP contribution >= 0.6 is 0 Å². The van der Waals surface area contributed by atoms with Gasteiger partial charge in [0.05, 0.1) is 38.5 Å². The Labute approximate surface area is 162 Å². The SMILES string of the molecule is COC(=O)C1=C(C(=O)OC)C(C(C)=O)(C(=O)OC)N2CCc3ccccc3C12. The van der Waals surface area contributed by atoms with Gasteiger partial charge in [-0.05, 0) is 24.5 Å². The minimum absolute atomic E-state index is 0.0814. The molecule has 2 atom stereocenters. The van der Waals surface area contributed by atoms with Crippen LogP contribution in [0.5, 0.6) is 0 Å². The summed E-state index contributed by atoms with van der Waals surface area (Å²) in [5.74, 6) is -3.33. The Bertz CT molecular complexity index is 904. The molecule has 1 aromatic rings. The van der Waals surface area contributed by atoms with Crippen LogP contribution in [0.3, 0.4) is 0 Å². The standard InChI is InChI=1S/C20H21NO7/c1-11(22)20(19(25)28-4)15(18(24)27-3)14(17(23)26-2)16-13-8-6-5-7-12(13)9-10-21(16)20/h5-8,16H,9-10H2,1-4H3. The zero-order chi connectivity index (χ0) is 20.6. The van der Waals surface area contributed by atoms with Gasteiger partial charge in [0, 0.05) is 6.54 Å². The first-order valence-electron chi connectivity index (χ1n) is 8.71. The molecular formula is C20H21NO7. The van der Waals surface area contributed by atoms with Crippen molar-refractivity contribution in [1.82, 2.24) is 4.90 Å². The number of carbonyl (C=O) groups excluding carboxylic acids is 4. The highest BCUT2D eigenvalue weighted by Gasteiger charge is 2.66. The van der Waals surface area contributed by atoms with Crippen LogP contribution in [0.2, 0.25) is 0 Å². The van der Waals surface area contributed by atoms with Crippen LogP contribution in [0.15, 0.2) is 35.4 Å². The van der Waals surface area contributed by atoms with Crippen molar-refractivity contribution in [3.8, 4) is 0 Å². The maximum absolute atomic E-state index is 13.0. The minimum Gasteiger partial charge on any atom is -0.467 e. The number of nitrogens with zero attached hydrogens (tertiary/aromatic N) is 1. The van der Waals surface area contributed by atoms with Crippen molar-refractivity contribution in [3.63, 3.8) is 0 Å². The quantitative estimate of drug-likeness (QED) is 0.424. The Hall–Kier alpha value is -3.00. The third kappa shape index (κ3) is 2.48. The van der Waals surface area contributed by atoms with Crippen molar-refractivity contribution in [2.45, 2.75) is 24.9 Å². The van der Waals surface area contributed by atoms with Crippen molar-refractivity contribution in [2.24, 2.45) is 0 Å². The lowest BCUT2D eigenvalue weighted by atomic mass is 9.84. The predicted molar refractivity (Wildman–Crippen MR) is 96.1 cm³/mol. The van der Waals surface area contributed by atoms with Crippen LogP contribution in [0.1, 0.15) is 24.1 Å². The van der Waals surface area contributed by atoms with Crippen molar-refractivity contribution in [3.05, 3.63) is 46.5 Å². The average molecular weight is 387 g/mol. The molecule has 2 unspecified atom stereocenters. The van der Waals surface area contributed by atoms with E-state index in [1.54, 1.807) is 17.0 Å². The molecule has 2 aliphatic heterocycles. The maximum Gasteiger partial charge on any atom is 0.339 e. The number of fused-ring (bicyclic) bond motifs is 3. The lowest BCUT2D eigenvalue weighted by molar-refractivity contribution is -0.160. The Morgan fingerprint density at radius 3 is 2.21 bits per heavy atom. The Morgan fingerprint density at radius 2 is 1.64 bits per heavy atom. The third-order valence-electron chi connectivity index (χ3n) is 5.40. The van der Waals surface area contributed by atoms with E-state index in [4.69, 9.17) is 14.2 Å². The number of methoxy groups -OCH3 is 3. The summed E-state index contributed by atoms with van der Waals surface area (Å²) in [7, 11) is 3.43. The number of benzene rings is 1. The first-order chi connectivity index (χ1) is 13.4. The molecule has 148 valence electrons. The van der Waals surface area contributed by atoms with E-state index in [0.29, 0.717) is 6.42 Å². The summed E-state index contributed by atoms with van der Waals surface area (Å²) in [5.41, 5.74) is -0.824. The summed E-state index contributed by atoms with van der Waals surface area (Å²) in [6.07, 6.45) is 0.529. The molecule has 3 rings (SSSR count). The van der Waals surface area contributed by atoms with E-state index >= 15 is 0 Å². The lowest BCUT2D eigenvalue weighted by Crippen LogP contribution is -2.61. The molecule has 1 aromatic carbocycles. The van der Waals surface area contributed by atoms with E-state index in [1.165, 1.54) is 14.0 Å². The molecule has 0 saturated heterocycles. The van der Waals surface area contributed by atoms with Gasteiger partial charge in [-0.15, -0.1) is 0 Å². The van der Waals surface area contributed by atoms with Crippen molar-refractivity contribution in [1.29, 1.82) is 0 Å². The largest absolute Gasteiger partial charge is 0.467 e. The molecule has 28 heavy (non-hydrogen) atoms. The number of Topliss-reactive ketones (excluding diaryl/α,β-unsaturated/α-hetero) is 1. The average Bonchev–Trinajstić information content (AvgIpc) is 3.04. The molecule has 0 spiro atoms. The number of esters is 3. The van der Waals surface area contributed by atoms with Gasteiger partial charge in [-0.25, -0.2) is 14.4 Å². The van der Waals surface area contributed by atoms with Crippen molar-refractivity contribution < 1.29 is 33.4 Å². The Kier molecular flexibility index (Phi) is 5.08. The summed E-state index contributed by atoms with van der Waals surface area (Å²) in [5, 5.41) is 0. The third-order valence-corrected chi connectivity index (χ3v) is 5.40. The van der Waals surface area contributed by atoms with E-state index in [1.807, 2.05) is 12.1 Å². The van der Waals surface area contributed by atoms with E-state index in [2.05, 4.69) is 0 Å². The highest BCUT2D eigenvalue weighted by molar-refractivity contribution is 6.21. The topological polar surface area (TPSA) is 99.2 Å². The zero-order valence-electron chi connectivity index (χ0n) is 16.1. The fourth-order valence-corrected chi connectivity index (χ4v) is 4.29. The molecule has 0 saturated carbocycles. The fourth-order valence-electron chi connectivity index (χ4n) is 4.29. The van der Waals surface area contributed by atoms with Crippen LogP contribution in [0.4, 0.5) is 0 Å². The molecule has 8 heteroatoms. The lowest BCUT2D eigenvalue weighted by Gasteiger charge is -2.41. The molecule has 0 bridgehead atoms. The number of rotatable bonds is 4. The van der Waals surface area contributed by atoms with E-state index in [9.17, 15) is 19.2 Å². The molecular weight excluding hydrogens is 366 g/mol. The molecule has 8 nitrogen and oxygen atoms in total. The molecule has 0 fully saturated rings. The summed E-state index contributed by atoms with van der Waals surface area (Å²) >= 11 is 0. The van der Waals surface area contributed by atoms with Crippen LogP contribution < -0.4 is 0 Å². The smallest absolute Gasteiger partial charge is 0.339 e. The van der Waals surface area contributed by atoms with Crippen LogP contribution in [0.25, 0.3) is 0 Å². The second kappa shape index (κ2) is 7.20. The van der Waals surface area contributed by atoms with Gasteiger partial charge in [0.15, 0.2) is 5.78 Å². The van der Waals surface area contributed by atoms with Gasteiger partial charge in [0.25, 0.3) is 0 Å². The van der Waals surface area contributed by atoms with Gasteiger partial charge in [0.1, 0.15) is 0 Å².